The number of rotatable bonds is 0. The Morgan fingerprint density at radius 1 is 0.714 bits per heavy atom. The van der Waals surface area contributed by atoms with Crippen molar-refractivity contribution >= 4 is 50.8 Å². The third kappa shape index (κ3) is 4.61. The fourth-order valence-corrected chi connectivity index (χ4v) is 2.96. The fraction of sp³-hybridized carbons (Fsp3) is 0. The highest BCUT2D eigenvalue weighted by atomic mass is 32.1. The number of para-hydroxylation sites is 2. The molecule has 21 heavy (non-hydrogen) atoms. The quantitative estimate of drug-likeness (QED) is 0.489. The van der Waals surface area contributed by atoms with Gasteiger partial charge in [-0.05, 0) is 24.3 Å². The minimum atomic E-state index is 0. The summed E-state index contributed by atoms with van der Waals surface area (Å²) in [5, 5.41) is 14.0. The van der Waals surface area contributed by atoms with Crippen molar-refractivity contribution in [2.45, 2.75) is 0 Å². The predicted octanol–water partition coefficient (Wildman–Crippen LogP) is 3.10. The number of hydrogen-bond acceptors (Lipinski definition) is 6. The van der Waals surface area contributed by atoms with Gasteiger partial charge in [0.25, 0.3) is 0 Å². The molecule has 4 nitrogen and oxygen atoms in total. The molecule has 0 atom stereocenters. The van der Waals surface area contributed by atoms with Crippen molar-refractivity contribution in [3.63, 3.8) is 0 Å². The summed E-state index contributed by atoms with van der Waals surface area (Å²) in [6, 6.07) is 16.3. The maximum atomic E-state index is 7.00. The Morgan fingerprint density at radius 2 is 1.10 bits per heavy atom. The van der Waals surface area contributed by atoms with E-state index in [0.29, 0.717) is 0 Å². The van der Waals surface area contributed by atoms with Gasteiger partial charge in [-0.3, -0.25) is 0 Å². The third-order valence-electron chi connectivity index (χ3n) is 2.47. The molecule has 2 aromatic carbocycles. The summed E-state index contributed by atoms with van der Waals surface area (Å²) in [4.78, 5) is 8.27. The molecule has 4 rings (SSSR count). The van der Waals surface area contributed by atoms with E-state index in [1.54, 1.807) is 22.7 Å². The molecular formula is C14H12BN2O2S2. The van der Waals surface area contributed by atoms with Crippen LogP contribution in [0.25, 0.3) is 20.4 Å². The van der Waals surface area contributed by atoms with Crippen LogP contribution in [0, 0.1) is 0 Å². The minimum absolute atomic E-state index is 0. The molecule has 0 aliphatic carbocycles. The van der Waals surface area contributed by atoms with Crippen LogP contribution in [-0.2, 0) is 0 Å². The Morgan fingerprint density at radius 3 is 1.48 bits per heavy atom. The van der Waals surface area contributed by atoms with Crippen LogP contribution < -0.4 is 0 Å². The summed E-state index contributed by atoms with van der Waals surface area (Å²) in [7, 11) is 0. The van der Waals surface area contributed by atoms with Crippen LogP contribution in [-0.4, -0.2) is 27.7 Å². The Kier molecular flexibility index (Phi) is 6.30. The molecule has 0 amide bonds. The lowest BCUT2D eigenvalue weighted by atomic mass is 10.3. The number of aromatic nitrogens is 2. The number of benzene rings is 2. The van der Waals surface area contributed by atoms with Crippen LogP contribution in [0.15, 0.2) is 59.6 Å². The van der Waals surface area contributed by atoms with E-state index in [0.717, 1.165) is 11.0 Å². The topological polar surface area (TPSA) is 66.2 Å². The van der Waals surface area contributed by atoms with Crippen LogP contribution in [0.4, 0.5) is 0 Å². The van der Waals surface area contributed by atoms with Gasteiger partial charge in [-0.2, -0.15) is 0 Å². The highest BCUT2D eigenvalue weighted by Gasteiger charge is 1.90. The van der Waals surface area contributed by atoms with Gasteiger partial charge in [0.1, 0.15) is 0 Å². The molecule has 0 fully saturated rings. The van der Waals surface area contributed by atoms with Gasteiger partial charge in [0.2, 0.25) is 0 Å². The van der Waals surface area contributed by atoms with Crippen molar-refractivity contribution in [1.29, 1.82) is 0 Å². The van der Waals surface area contributed by atoms with Crippen molar-refractivity contribution in [1.82, 2.24) is 9.97 Å². The SMILES string of the molecule is O[B]O.c1ccc2scnc2c1.c1ccc2scnc2c1. The molecule has 4 aromatic rings. The minimum Gasteiger partial charge on any atom is -0.429 e. The summed E-state index contributed by atoms with van der Waals surface area (Å²) >= 11 is 3.35. The van der Waals surface area contributed by atoms with Crippen molar-refractivity contribution in [2.75, 3.05) is 0 Å². The summed E-state index contributed by atoms with van der Waals surface area (Å²) in [6.07, 6.45) is 0. The largest absolute Gasteiger partial charge is 0.482 e. The lowest BCUT2D eigenvalue weighted by Crippen LogP contribution is -1.75. The molecule has 0 saturated heterocycles. The number of fused-ring (bicyclic) bond motifs is 2. The van der Waals surface area contributed by atoms with E-state index in [9.17, 15) is 0 Å². The van der Waals surface area contributed by atoms with Crippen molar-refractivity contribution in [3.05, 3.63) is 59.6 Å². The molecule has 105 valence electrons. The summed E-state index contributed by atoms with van der Waals surface area (Å²) in [5.74, 6) is 0. The zero-order chi connectivity index (χ0) is 14.9. The predicted molar refractivity (Wildman–Crippen MR) is 89.4 cm³/mol. The van der Waals surface area contributed by atoms with E-state index in [4.69, 9.17) is 10.0 Å². The molecule has 0 spiro atoms. The van der Waals surface area contributed by atoms with E-state index in [1.807, 2.05) is 47.4 Å². The molecule has 2 N–H and O–H groups in total. The Balaban J connectivity index is 0.000000130. The number of thiazole rings is 2. The first-order chi connectivity index (χ1) is 10.3. The first-order valence-electron chi connectivity index (χ1n) is 6.01. The first kappa shape index (κ1) is 15.6. The highest BCUT2D eigenvalue weighted by Crippen LogP contribution is 2.16. The highest BCUT2D eigenvalue weighted by molar-refractivity contribution is 7.17. The summed E-state index contributed by atoms with van der Waals surface area (Å²) in [6.45, 7) is 0. The zero-order valence-corrected chi connectivity index (χ0v) is 12.6. The zero-order valence-electron chi connectivity index (χ0n) is 11.0. The van der Waals surface area contributed by atoms with Crippen LogP contribution in [0.2, 0.25) is 0 Å². The molecule has 7 heteroatoms. The van der Waals surface area contributed by atoms with Gasteiger partial charge in [-0.15, -0.1) is 22.7 Å². The first-order valence-corrected chi connectivity index (χ1v) is 7.77. The average molecular weight is 315 g/mol. The van der Waals surface area contributed by atoms with E-state index >= 15 is 0 Å². The lowest BCUT2D eigenvalue weighted by molar-refractivity contribution is 0.448. The van der Waals surface area contributed by atoms with Crippen molar-refractivity contribution in [2.24, 2.45) is 0 Å². The Hall–Kier alpha value is -1.80. The van der Waals surface area contributed by atoms with Crippen molar-refractivity contribution in [3.8, 4) is 0 Å². The van der Waals surface area contributed by atoms with E-state index in [2.05, 4.69) is 22.1 Å². The number of hydrogen-bond donors (Lipinski definition) is 2. The maximum absolute atomic E-state index is 7.00. The van der Waals surface area contributed by atoms with Crippen LogP contribution in [0.1, 0.15) is 0 Å². The summed E-state index contributed by atoms with van der Waals surface area (Å²) < 4.78 is 2.52. The second kappa shape index (κ2) is 8.48. The molecule has 2 heterocycles. The summed E-state index contributed by atoms with van der Waals surface area (Å²) in [5.41, 5.74) is 5.93. The standard InChI is InChI=1S/2C7H5NS.BH2O2/c2*1-2-4-7-6(3-1)8-5-9-7;2-1-3/h2*1-5H;2-3H. The third-order valence-corrected chi connectivity index (χ3v) is 4.09. The van der Waals surface area contributed by atoms with Crippen molar-refractivity contribution < 1.29 is 10.0 Å². The normalized spacial score (nSPS) is 9.43. The van der Waals surface area contributed by atoms with E-state index < -0.39 is 0 Å². The lowest BCUT2D eigenvalue weighted by Gasteiger charge is -1.80. The Bertz CT molecular complexity index is 662. The molecule has 2 aromatic heterocycles. The molecule has 1 radical (unpaired) electrons. The Labute approximate surface area is 130 Å². The smallest absolute Gasteiger partial charge is 0.429 e. The maximum Gasteiger partial charge on any atom is 0.482 e. The molecular weight excluding hydrogens is 303 g/mol. The molecule has 0 aliphatic rings. The second-order valence-electron chi connectivity index (χ2n) is 3.76. The van der Waals surface area contributed by atoms with Crippen LogP contribution in [0.5, 0.6) is 0 Å². The van der Waals surface area contributed by atoms with Crippen LogP contribution >= 0.6 is 22.7 Å². The van der Waals surface area contributed by atoms with Gasteiger partial charge in [0, 0.05) is 0 Å². The van der Waals surface area contributed by atoms with Gasteiger partial charge < -0.3 is 10.0 Å². The molecule has 0 bridgehead atoms. The molecule has 0 aliphatic heterocycles. The van der Waals surface area contributed by atoms with E-state index in [-0.39, 0.29) is 7.69 Å². The number of nitrogens with zero attached hydrogens (tertiary/aromatic N) is 2. The van der Waals surface area contributed by atoms with Gasteiger partial charge in [0.15, 0.2) is 0 Å². The fourth-order valence-electron chi connectivity index (χ4n) is 1.61. The van der Waals surface area contributed by atoms with Gasteiger partial charge in [-0.1, -0.05) is 24.3 Å². The molecule has 0 saturated carbocycles. The average Bonchev–Trinajstić information content (AvgIpc) is 3.17. The van der Waals surface area contributed by atoms with Gasteiger partial charge in [-0.25, -0.2) is 9.97 Å². The van der Waals surface area contributed by atoms with Gasteiger partial charge >= 0.3 is 7.69 Å². The second-order valence-corrected chi connectivity index (χ2v) is 5.53. The molecule has 0 unspecified atom stereocenters. The van der Waals surface area contributed by atoms with E-state index in [1.165, 1.54) is 9.40 Å². The van der Waals surface area contributed by atoms with Gasteiger partial charge in [0.05, 0.1) is 31.5 Å². The van der Waals surface area contributed by atoms with Crippen LogP contribution in [0.3, 0.4) is 0 Å². The monoisotopic (exact) mass is 315 g/mol.